The Morgan fingerprint density at radius 1 is 1.09 bits per heavy atom. The lowest BCUT2D eigenvalue weighted by molar-refractivity contribution is -0.140. The Kier molecular flexibility index (Phi) is 5.63. The predicted octanol–water partition coefficient (Wildman–Crippen LogP) is 2.07. The molecule has 1 saturated carbocycles. The van der Waals surface area contributed by atoms with Crippen molar-refractivity contribution in [2.24, 2.45) is 0 Å². The number of nitrogens with one attached hydrogen (secondary N) is 1. The summed E-state index contributed by atoms with van der Waals surface area (Å²) in [6, 6.07) is 11.0. The van der Waals surface area contributed by atoms with Gasteiger partial charge in [0.25, 0.3) is 10.2 Å². The number of rotatable bonds is 6. The third kappa shape index (κ3) is 4.30. The zero-order valence-electron chi connectivity index (χ0n) is 16.8. The SMILES string of the molecule is O=C(O)C1(NS(=O)(=O)N2CCN(c3ccc(C(F)(F)F)cn3)CC2)CC1c1ccccc1. The molecule has 0 amide bonds. The number of alkyl halides is 3. The van der Waals surface area contributed by atoms with Crippen molar-refractivity contribution in [1.82, 2.24) is 14.0 Å². The van der Waals surface area contributed by atoms with Gasteiger partial charge in [0.1, 0.15) is 11.4 Å². The van der Waals surface area contributed by atoms with Crippen LogP contribution in [0, 0.1) is 0 Å². The average molecular weight is 470 g/mol. The van der Waals surface area contributed by atoms with Crippen LogP contribution in [0.4, 0.5) is 19.0 Å². The number of benzene rings is 1. The van der Waals surface area contributed by atoms with Gasteiger partial charge in [-0.15, -0.1) is 0 Å². The number of hydrogen-bond acceptors (Lipinski definition) is 5. The second-order valence-electron chi connectivity index (χ2n) is 7.84. The van der Waals surface area contributed by atoms with E-state index in [0.717, 1.165) is 22.1 Å². The average Bonchev–Trinajstić information content (AvgIpc) is 3.49. The molecular weight excluding hydrogens is 449 g/mol. The lowest BCUT2D eigenvalue weighted by Crippen LogP contribution is -2.56. The number of aromatic nitrogens is 1. The Morgan fingerprint density at radius 2 is 1.75 bits per heavy atom. The molecule has 1 aliphatic heterocycles. The third-order valence-electron chi connectivity index (χ3n) is 5.83. The lowest BCUT2D eigenvalue weighted by Gasteiger charge is -2.35. The van der Waals surface area contributed by atoms with Crippen molar-refractivity contribution in [3.8, 4) is 0 Å². The highest BCUT2D eigenvalue weighted by Gasteiger charge is 2.63. The van der Waals surface area contributed by atoms with E-state index in [0.29, 0.717) is 5.82 Å². The minimum atomic E-state index is -4.48. The van der Waals surface area contributed by atoms with E-state index in [4.69, 9.17) is 0 Å². The van der Waals surface area contributed by atoms with Crippen molar-refractivity contribution >= 4 is 22.0 Å². The van der Waals surface area contributed by atoms with E-state index < -0.39 is 39.4 Å². The van der Waals surface area contributed by atoms with Crippen LogP contribution in [-0.2, 0) is 21.2 Å². The topological polar surface area (TPSA) is 103 Å². The van der Waals surface area contributed by atoms with Gasteiger partial charge in [0.05, 0.1) is 5.56 Å². The summed E-state index contributed by atoms with van der Waals surface area (Å²) in [6.45, 7) is 0.510. The van der Waals surface area contributed by atoms with Gasteiger partial charge in [-0.1, -0.05) is 30.3 Å². The van der Waals surface area contributed by atoms with Crippen LogP contribution in [0.15, 0.2) is 48.7 Å². The minimum Gasteiger partial charge on any atom is -0.480 e. The highest BCUT2D eigenvalue weighted by atomic mass is 32.2. The number of anilines is 1. The van der Waals surface area contributed by atoms with Gasteiger partial charge in [0, 0.05) is 38.3 Å². The fourth-order valence-electron chi connectivity index (χ4n) is 3.94. The summed E-state index contributed by atoms with van der Waals surface area (Å²) >= 11 is 0. The molecule has 2 heterocycles. The van der Waals surface area contributed by atoms with E-state index in [9.17, 15) is 31.5 Å². The quantitative estimate of drug-likeness (QED) is 0.670. The van der Waals surface area contributed by atoms with Gasteiger partial charge in [-0.05, 0) is 24.1 Å². The number of carboxylic acids is 1. The molecule has 1 saturated heterocycles. The summed E-state index contributed by atoms with van der Waals surface area (Å²) in [5, 5.41) is 9.73. The molecule has 2 unspecified atom stereocenters. The first-order chi connectivity index (χ1) is 15.0. The fourth-order valence-corrected chi connectivity index (χ4v) is 5.48. The van der Waals surface area contributed by atoms with Crippen molar-refractivity contribution in [2.45, 2.75) is 24.1 Å². The summed E-state index contributed by atoms with van der Waals surface area (Å²) in [6.07, 6.45) is -3.58. The Morgan fingerprint density at radius 3 is 2.28 bits per heavy atom. The van der Waals surface area contributed by atoms with Crippen molar-refractivity contribution in [2.75, 3.05) is 31.1 Å². The van der Waals surface area contributed by atoms with Crippen LogP contribution in [0.3, 0.4) is 0 Å². The van der Waals surface area contributed by atoms with E-state index in [-0.39, 0.29) is 32.6 Å². The van der Waals surface area contributed by atoms with E-state index >= 15 is 0 Å². The Bertz CT molecular complexity index is 1090. The summed E-state index contributed by atoms with van der Waals surface area (Å²) < 4.78 is 67.5. The third-order valence-corrected chi connectivity index (χ3v) is 7.50. The Balaban J connectivity index is 1.41. The largest absolute Gasteiger partial charge is 0.480 e. The molecule has 0 bridgehead atoms. The molecule has 12 heteroatoms. The maximum Gasteiger partial charge on any atom is 0.417 e. The zero-order valence-corrected chi connectivity index (χ0v) is 17.6. The second kappa shape index (κ2) is 8.01. The van der Waals surface area contributed by atoms with Gasteiger partial charge >= 0.3 is 12.1 Å². The molecule has 8 nitrogen and oxygen atoms in total. The van der Waals surface area contributed by atoms with E-state index in [2.05, 4.69) is 9.71 Å². The van der Waals surface area contributed by atoms with Gasteiger partial charge in [-0.25, -0.2) is 4.98 Å². The second-order valence-corrected chi connectivity index (χ2v) is 9.51. The van der Waals surface area contributed by atoms with Crippen LogP contribution in [0.5, 0.6) is 0 Å². The number of aliphatic carboxylic acids is 1. The molecule has 32 heavy (non-hydrogen) atoms. The van der Waals surface area contributed by atoms with Crippen LogP contribution in [0.2, 0.25) is 0 Å². The van der Waals surface area contributed by atoms with E-state index in [1.54, 1.807) is 35.2 Å². The lowest BCUT2D eigenvalue weighted by atomic mass is 10.1. The van der Waals surface area contributed by atoms with Crippen molar-refractivity contribution in [1.29, 1.82) is 0 Å². The van der Waals surface area contributed by atoms with Crippen molar-refractivity contribution < 1.29 is 31.5 Å². The van der Waals surface area contributed by atoms with Gasteiger partial charge in [0.15, 0.2) is 0 Å². The monoisotopic (exact) mass is 470 g/mol. The van der Waals surface area contributed by atoms with Crippen LogP contribution in [0.25, 0.3) is 0 Å². The highest BCUT2D eigenvalue weighted by molar-refractivity contribution is 7.87. The summed E-state index contributed by atoms with van der Waals surface area (Å²) in [5.41, 5.74) is -1.70. The number of halogens is 3. The molecule has 2 fully saturated rings. The van der Waals surface area contributed by atoms with Crippen molar-refractivity contribution in [3.05, 3.63) is 59.8 Å². The molecule has 2 aliphatic rings. The Labute approximate surface area is 182 Å². The molecule has 4 rings (SSSR count). The molecule has 2 atom stereocenters. The predicted molar refractivity (Wildman–Crippen MR) is 109 cm³/mol. The Hall–Kier alpha value is -2.70. The summed E-state index contributed by atoms with van der Waals surface area (Å²) in [4.78, 5) is 17.4. The number of nitrogens with zero attached hydrogens (tertiary/aromatic N) is 3. The molecule has 2 N–H and O–H groups in total. The van der Waals surface area contributed by atoms with E-state index in [1.807, 2.05) is 0 Å². The maximum atomic E-state index is 12.9. The van der Waals surface area contributed by atoms with Gasteiger partial charge in [0.2, 0.25) is 0 Å². The molecule has 2 aromatic rings. The van der Waals surface area contributed by atoms with Crippen molar-refractivity contribution in [3.63, 3.8) is 0 Å². The molecule has 0 spiro atoms. The van der Waals surface area contributed by atoms with Crippen LogP contribution >= 0.6 is 0 Å². The first-order valence-corrected chi connectivity index (χ1v) is 11.3. The molecule has 0 radical (unpaired) electrons. The summed E-state index contributed by atoms with van der Waals surface area (Å²) in [7, 11) is -4.09. The minimum absolute atomic E-state index is 0.0454. The van der Waals surface area contributed by atoms with Crippen LogP contribution in [0.1, 0.15) is 23.5 Å². The van der Waals surface area contributed by atoms with Crippen LogP contribution < -0.4 is 9.62 Å². The van der Waals surface area contributed by atoms with Gasteiger partial charge in [-0.3, -0.25) is 4.79 Å². The van der Waals surface area contributed by atoms with Crippen LogP contribution in [-0.4, -0.2) is 60.5 Å². The number of carboxylic acid groups (broad SMARTS) is 1. The van der Waals surface area contributed by atoms with Gasteiger partial charge < -0.3 is 10.0 Å². The maximum absolute atomic E-state index is 12.9. The van der Waals surface area contributed by atoms with Gasteiger partial charge in [-0.2, -0.15) is 30.6 Å². The zero-order chi connectivity index (χ0) is 23.1. The first kappa shape index (κ1) is 22.5. The normalized spacial score (nSPS) is 24.3. The number of carbonyl (C=O) groups is 1. The van der Waals surface area contributed by atoms with E-state index in [1.165, 1.54) is 6.07 Å². The molecule has 172 valence electrons. The molecular formula is C20H21F3N4O4S. The smallest absolute Gasteiger partial charge is 0.417 e. The molecule has 1 aromatic carbocycles. The molecule has 1 aromatic heterocycles. The number of hydrogen-bond donors (Lipinski definition) is 2. The summed E-state index contributed by atoms with van der Waals surface area (Å²) in [5.74, 6) is -1.38. The number of piperazine rings is 1. The highest BCUT2D eigenvalue weighted by Crippen LogP contribution is 2.52. The standard InChI is InChI=1S/C20H21F3N4O4S/c21-20(22,23)15-6-7-17(24-13-15)26-8-10-27(11-9-26)32(30,31)25-19(18(28)29)12-16(19)14-4-2-1-3-5-14/h1-7,13,16,25H,8-12H2,(H,28,29). The fraction of sp³-hybridized carbons (Fsp3) is 0.400. The first-order valence-electron chi connectivity index (χ1n) is 9.88. The number of pyridine rings is 1. The molecule has 1 aliphatic carbocycles.